The average Bonchev–Trinajstić information content (AvgIpc) is 3.86. The highest BCUT2D eigenvalue weighted by Gasteiger charge is 2.34. The van der Waals surface area contributed by atoms with Gasteiger partial charge in [-0.25, -0.2) is 17.5 Å². The lowest BCUT2D eigenvalue weighted by atomic mass is 9.94. The average molecular weight is 624 g/mol. The van der Waals surface area contributed by atoms with Crippen LogP contribution in [-0.4, -0.2) is 74.4 Å². The second-order valence-corrected chi connectivity index (χ2v) is 14.3. The molecule has 0 N–H and O–H groups in total. The van der Waals surface area contributed by atoms with Crippen molar-refractivity contribution in [3.63, 3.8) is 0 Å². The molecule has 0 bridgehead atoms. The van der Waals surface area contributed by atoms with E-state index in [4.69, 9.17) is 16.3 Å². The molecule has 1 heterocycles. The lowest BCUT2D eigenvalue weighted by Gasteiger charge is -2.38. The summed E-state index contributed by atoms with van der Waals surface area (Å²) in [5.41, 5.74) is 2.03. The number of likely N-dealkylation sites (N-methyl/N-ethyl adjacent to an activating group) is 1. The SMILES string of the molecule is CN(C[C@@H](CCN1CCC(N(CC2CC2)C(=O)OCc2ccccc2)CC1)c1cccc(Cl)c1)S(=O)(=O)c1ccccc1. The maximum absolute atomic E-state index is 13.3. The molecule has 1 aliphatic carbocycles. The maximum Gasteiger partial charge on any atom is 0.410 e. The van der Waals surface area contributed by atoms with Gasteiger partial charge in [0.1, 0.15) is 6.61 Å². The summed E-state index contributed by atoms with van der Waals surface area (Å²) in [5.74, 6) is 0.573. The summed E-state index contributed by atoms with van der Waals surface area (Å²) >= 11 is 6.34. The zero-order chi connectivity index (χ0) is 30.2. The molecule has 5 rings (SSSR count). The number of nitrogens with zero attached hydrogens (tertiary/aromatic N) is 3. The Morgan fingerprint density at radius 3 is 2.28 bits per heavy atom. The summed E-state index contributed by atoms with van der Waals surface area (Å²) in [6.45, 7) is 4.04. The minimum atomic E-state index is -3.61. The maximum atomic E-state index is 13.3. The number of rotatable bonds is 13. The Labute approximate surface area is 261 Å². The van der Waals surface area contributed by atoms with E-state index < -0.39 is 10.0 Å². The fourth-order valence-electron chi connectivity index (χ4n) is 5.85. The van der Waals surface area contributed by atoms with Gasteiger partial charge in [0.15, 0.2) is 0 Å². The molecule has 43 heavy (non-hydrogen) atoms. The van der Waals surface area contributed by atoms with Crippen LogP contribution in [0, 0.1) is 5.92 Å². The van der Waals surface area contributed by atoms with Gasteiger partial charge in [0.05, 0.1) is 4.90 Å². The number of carbonyl (C=O) groups is 1. The standard InChI is InChI=1S/C34H42ClN3O4S/c1-36(43(40,41)33-13-6-3-7-14-33)25-30(29-11-8-12-31(35)23-29)17-20-37-21-18-32(19-22-37)38(24-27-15-16-27)34(39)42-26-28-9-4-2-5-10-28/h2-14,23,27,30,32H,15-22,24-26H2,1H3/t30-/m1/s1. The molecule has 1 saturated carbocycles. The van der Waals surface area contributed by atoms with Crippen LogP contribution in [0.25, 0.3) is 0 Å². The molecule has 1 aliphatic heterocycles. The van der Waals surface area contributed by atoms with Crippen LogP contribution in [0.3, 0.4) is 0 Å². The van der Waals surface area contributed by atoms with Gasteiger partial charge in [-0.05, 0) is 85.9 Å². The first-order valence-electron chi connectivity index (χ1n) is 15.3. The minimum Gasteiger partial charge on any atom is -0.445 e. The molecular weight excluding hydrogens is 582 g/mol. The number of hydrogen-bond donors (Lipinski definition) is 0. The highest BCUT2D eigenvalue weighted by atomic mass is 35.5. The van der Waals surface area contributed by atoms with E-state index in [1.54, 1.807) is 31.3 Å². The van der Waals surface area contributed by atoms with E-state index in [0.29, 0.717) is 29.0 Å². The Morgan fingerprint density at radius 1 is 0.953 bits per heavy atom. The van der Waals surface area contributed by atoms with Crippen molar-refractivity contribution in [2.75, 3.05) is 39.8 Å². The Bertz CT molecular complexity index is 1430. The zero-order valence-corrected chi connectivity index (χ0v) is 26.4. The third-order valence-electron chi connectivity index (χ3n) is 8.63. The molecule has 0 spiro atoms. The number of ether oxygens (including phenoxy) is 1. The summed E-state index contributed by atoms with van der Waals surface area (Å²) in [6, 6.07) is 26.3. The normalized spacial score (nSPS) is 17.1. The van der Waals surface area contributed by atoms with E-state index >= 15 is 0 Å². The minimum absolute atomic E-state index is 0.0146. The van der Waals surface area contributed by atoms with Crippen molar-refractivity contribution in [1.82, 2.24) is 14.1 Å². The molecule has 230 valence electrons. The van der Waals surface area contributed by atoms with Gasteiger partial charge in [-0.1, -0.05) is 72.3 Å². The quantitative estimate of drug-likeness (QED) is 0.213. The van der Waals surface area contributed by atoms with Gasteiger partial charge >= 0.3 is 6.09 Å². The van der Waals surface area contributed by atoms with Gasteiger partial charge < -0.3 is 14.5 Å². The second-order valence-electron chi connectivity index (χ2n) is 11.8. The zero-order valence-electron chi connectivity index (χ0n) is 24.9. The molecule has 0 aromatic heterocycles. The largest absolute Gasteiger partial charge is 0.445 e. The van der Waals surface area contributed by atoms with Crippen LogP contribution in [0.4, 0.5) is 4.79 Å². The number of carbonyl (C=O) groups excluding carboxylic acids is 1. The Hall–Kier alpha value is -2.91. The van der Waals surface area contributed by atoms with Gasteiger partial charge in [0.25, 0.3) is 0 Å². The lowest BCUT2D eigenvalue weighted by Crippen LogP contribution is -2.48. The van der Waals surface area contributed by atoms with Crippen molar-refractivity contribution in [1.29, 1.82) is 0 Å². The van der Waals surface area contributed by atoms with E-state index in [0.717, 1.165) is 56.6 Å². The third kappa shape index (κ3) is 8.82. The molecule has 1 atom stereocenters. The highest BCUT2D eigenvalue weighted by molar-refractivity contribution is 7.89. The van der Waals surface area contributed by atoms with Crippen LogP contribution >= 0.6 is 11.6 Å². The van der Waals surface area contributed by atoms with Gasteiger partial charge in [-0.3, -0.25) is 0 Å². The number of hydrogen-bond acceptors (Lipinski definition) is 5. The first-order valence-corrected chi connectivity index (χ1v) is 17.1. The van der Waals surface area contributed by atoms with Gasteiger partial charge in [0.2, 0.25) is 10.0 Å². The predicted molar refractivity (Wildman–Crippen MR) is 171 cm³/mol. The fraction of sp³-hybridized carbons (Fsp3) is 0.441. The van der Waals surface area contributed by atoms with E-state index in [2.05, 4.69) is 4.90 Å². The van der Waals surface area contributed by atoms with E-state index in [1.807, 2.05) is 65.6 Å². The van der Waals surface area contributed by atoms with Crippen molar-refractivity contribution >= 4 is 27.7 Å². The fourth-order valence-corrected chi connectivity index (χ4v) is 7.29. The second kappa shape index (κ2) is 14.7. The number of piperidine rings is 1. The molecule has 0 unspecified atom stereocenters. The number of sulfonamides is 1. The van der Waals surface area contributed by atoms with Crippen molar-refractivity contribution < 1.29 is 17.9 Å². The van der Waals surface area contributed by atoms with Crippen molar-refractivity contribution in [3.05, 3.63) is 101 Å². The van der Waals surface area contributed by atoms with Gasteiger partial charge in [-0.2, -0.15) is 0 Å². The lowest BCUT2D eigenvalue weighted by molar-refractivity contribution is 0.0580. The molecular formula is C34H42ClN3O4S. The molecule has 2 aliphatic rings. The van der Waals surface area contributed by atoms with Crippen molar-refractivity contribution in [3.8, 4) is 0 Å². The van der Waals surface area contributed by atoms with Crippen molar-refractivity contribution in [2.45, 2.75) is 55.6 Å². The van der Waals surface area contributed by atoms with E-state index in [-0.39, 0.29) is 18.1 Å². The summed E-state index contributed by atoms with van der Waals surface area (Å²) in [6.07, 6.45) is 4.75. The summed E-state index contributed by atoms with van der Waals surface area (Å²) in [7, 11) is -1.96. The molecule has 1 amide bonds. The van der Waals surface area contributed by atoms with Crippen molar-refractivity contribution in [2.24, 2.45) is 5.92 Å². The third-order valence-corrected chi connectivity index (χ3v) is 10.7. The number of amides is 1. The monoisotopic (exact) mass is 623 g/mol. The topological polar surface area (TPSA) is 70.2 Å². The molecule has 3 aromatic rings. The van der Waals surface area contributed by atoms with Crippen LogP contribution < -0.4 is 0 Å². The van der Waals surface area contributed by atoms with E-state index in [1.165, 1.54) is 17.1 Å². The van der Waals surface area contributed by atoms with Crippen LogP contribution in [0.1, 0.15) is 49.1 Å². The van der Waals surface area contributed by atoms with E-state index in [9.17, 15) is 13.2 Å². The summed E-state index contributed by atoms with van der Waals surface area (Å²) in [5, 5.41) is 0.645. The summed E-state index contributed by atoms with van der Waals surface area (Å²) < 4.78 is 33.8. The predicted octanol–water partition coefficient (Wildman–Crippen LogP) is 6.65. The van der Waals surface area contributed by atoms with Crippen LogP contribution in [-0.2, 0) is 21.4 Å². The Kier molecular flexibility index (Phi) is 10.8. The Morgan fingerprint density at radius 2 is 1.63 bits per heavy atom. The van der Waals surface area contributed by atoms with Crippen LogP contribution in [0.15, 0.2) is 89.8 Å². The number of halogens is 1. The smallest absolute Gasteiger partial charge is 0.410 e. The highest BCUT2D eigenvalue weighted by Crippen LogP contribution is 2.32. The molecule has 1 saturated heterocycles. The summed E-state index contributed by atoms with van der Waals surface area (Å²) in [4.78, 5) is 17.9. The number of benzene rings is 3. The first-order chi connectivity index (χ1) is 20.8. The van der Waals surface area contributed by atoms with Gasteiger partial charge in [0, 0.05) is 44.3 Å². The molecule has 0 radical (unpaired) electrons. The number of likely N-dealkylation sites (tertiary alicyclic amines) is 1. The molecule has 9 heteroatoms. The molecule has 3 aromatic carbocycles. The van der Waals surface area contributed by atoms with Crippen LogP contribution in [0.5, 0.6) is 0 Å². The molecule has 7 nitrogen and oxygen atoms in total. The molecule has 2 fully saturated rings. The van der Waals surface area contributed by atoms with Crippen LogP contribution in [0.2, 0.25) is 5.02 Å². The first kappa shape index (κ1) is 31.5. The van der Waals surface area contributed by atoms with Gasteiger partial charge in [-0.15, -0.1) is 0 Å². The Balaban J connectivity index is 1.18.